The molecular weight excluding hydrogens is 256 g/mol. The van der Waals surface area contributed by atoms with E-state index in [2.05, 4.69) is 9.97 Å². The van der Waals surface area contributed by atoms with Crippen molar-refractivity contribution < 1.29 is 4.79 Å². The van der Waals surface area contributed by atoms with Gasteiger partial charge in [-0.2, -0.15) is 0 Å². The van der Waals surface area contributed by atoms with Crippen LogP contribution in [0.25, 0.3) is 10.9 Å². The van der Waals surface area contributed by atoms with Crippen LogP contribution < -0.4 is 0 Å². The van der Waals surface area contributed by atoms with Crippen molar-refractivity contribution in [1.29, 1.82) is 0 Å². The van der Waals surface area contributed by atoms with Gasteiger partial charge in [0.25, 0.3) is 0 Å². The number of ketones is 1. The van der Waals surface area contributed by atoms with Gasteiger partial charge >= 0.3 is 0 Å². The number of hydrogen-bond donors (Lipinski definition) is 0. The van der Waals surface area contributed by atoms with Crippen molar-refractivity contribution in [2.24, 2.45) is 0 Å². The molecule has 94 valence electrons. The molecule has 0 saturated heterocycles. The third-order valence-electron chi connectivity index (χ3n) is 3.00. The molecule has 4 heteroatoms. The number of fused-ring (bicyclic) bond motifs is 1. The third kappa shape index (κ3) is 2.39. The fourth-order valence-corrected chi connectivity index (χ4v) is 2.68. The van der Waals surface area contributed by atoms with Crippen molar-refractivity contribution in [3.8, 4) is 0 Å². The van der Waals surface area contributed by atoms with Gasteiger partial charge in [0, 0.05) is 23.4 Å². The first kappa shape index (κ1) is 12.0. The zero-order valence-electron chi connectivity index (χ0n) is 10.5. The Morgan fingerprint density at radius 2 is 2.11 bits per heavy atom. The van der Waals surface area contributed by atoms with Crippen LogP contribution >= 0.6 is 11.3 Å². The number of hydrogen-bond acceptors (Lipinski definition) is 4. The second-order valence-electron chi connectivity index (χ2n) is 4.34. The molecule has 0 saturated carbocycles. The van der Waals surface area contributed by atoms with E-state index in [9.17, 15) is 4.79 Å². The minimum atomic E-state index is 0.0562. The standard InChI is InChI=1S/C15H12N2OS/c1-10-17-14(9-19-10)15(18)8-11-6-7-16-13-5-3-2-4-12(11)13/h2-7,9H,8H2,1H3. The first-order valence-electron chi connectivity index (χ1n) is 6.02. The van der Waals surface area contributed by atoms with Crippen molar-refractivity contribution >= 4 is 28.0 Å². The summed E-state index contributed by atoms with van der Waals surface area (Å²) < 4.78 is 0. The second-order valence-corrected chi connectivity index (χ2v) is 5.40. The largest absolute Gasteiger partial charge is 0.292 e. The Balaban J connectivity index is 1.95. The second kappa shape index (κ2) is 4.90. The van der Waals surface area contributed by atoms with Crippen molar-refractivity contribution in [3.63, 3.8) is 0 Å². The fourth-order valence-electron chi connectivity index (χ4n) is 2.06. The molecule has 0 fully saturated rings. The summed E-state index contributed by atoms with van der Waals surface area (Å²) in [4.78, 5) is 20.7. The number of para-hydroxylation sites is 1. The monoisotopic (exact) mass is 268 g/mol. The van der Waals surface area contributed by atoms with Crippen LogP contribution in [0.15, 0.2) is 41.9 Å². The summed E-state index contributed by atoms with van der Waals surface area (Å²) in [5.41, 5.74) is 2.48. The van der Waals surface area contributed by atoms with Gasteiger partial charge in [-0.15, -0.1) is 11.3 Å². The first-order chi connectivity index (χ1) is 9.24. The summed E-state index contributed by atoms with van der Waals surface area (Å²) in [6.45, 7) is 1.91. The number of rotatable bonds is 3. The Hall–Kier alpha value is -2.07. The molecule has 19 heavy (non-hydrogen) atoms. The zero-order chi connectivity index (χ0) is 13.2. The van der Waals surface area contributed by atoms with Crippen molar-refractivity contribution in [3.05, 3.63) is 58.2 Å². The van der Waals surface area contributed by atoms with Crippen LogP contribution in [0.5, 0.6) is 0 Å². The van der Waals surface area contributed by atoms with Crippen LogP contribution in [0.1, 0.15) is 21.1 Å². The molecule has 0 N–H and O–H groups in total. The topological polar surface area (TPSA) is 42.9 Å². The van der Waals surface area contributed by atoms with E-state index in [-0.39, 0.29) is 5.78 Å². The van der Waals surface area contributed by atoms with E-state index in [0.29, 0.717) is 12.1 Å². The molecule has 2 heterocycles. The number of Topliss-reactive ketones (excluding diaryl/α,β-unsaturated/α-hetero) is 1. The molecule has 3 nitrogen and oxygen atoms in total. The van der Waals surface area contributed by atoms with E-state index in [1.54, 1.807) is 6.20 Å². The number of aromatic nitrogens is 2. The molecule has 2 aromatic heterocycles. The lowest BCUT2D eigenvalue weighted by Gasteiger charge is -2.04. The smallest absolute Gasteiger partial charge is 0.186 e. The lowest BCUT2D eigenvalue weighted by atomic mass is 10.0. The molecule has 0 radical (unpaired) electrons. The van der Waals surface area contributed by atoms with Crippen LogP contribution in [0.4, 0.5) is 0 Å². The van der Waals surface area contributed by atoms with Crippen molar-refractivity contribution in [1.82, 2.24) is 9.97 Å². The highest BCUT2D eigenvalue weighted by atomic mass is 32.1. The van der Waals surface area contributed by atoms with E-state index in [1.807, 2.05) is 42.6 Å². The minimum Gasteiger partial charge on any atom is -0.292 e. The van der Waals surface area contributed by atoms with Gasteiger partial charge in [0.2, 0.25) is 0 Å². The summed E-state index contributed by atoms with van der Waals surface area (Å²) in [6, 6.07) is 9.77. The van der Waals surface area contributed by atoms with E-state index in [1.165, 1.54) is 11.3 Å². The summed E-state index contributed by atoms with van der Waals surface area (Å²) >= 11 is 1.50. The summed E-state index contributed by atoms with van der Waals surface area (Å²) in [5.74, 6) is 0.0562. The van der Waals surface area contributed by atoms with E-state index in [0.717, 1.165) is 21.5 Å². The first-order valence-corrected chi connectivity index (χ1v) is 6.90. The predicted octanol–water partition coefficient (Wildman–Crippen LogP) is 3.43. The molecule has 0 aliphatic carbocycles. The SMILES string of the molecule is Cc1nc(C(=O)Cc2ccnc3ccccc23)cs1. The quantitative estimate of drug-likeness (QED) is 0.683. The number of carbonyl (C=O) groups excluding carboxylic acids is 1. The Labute approximate surface area is 115 Å². The molecule has 0 aliphatic rings. The maximum absolute atomic E-state index is 12.2. The summed E-state index contributed by atoms with van der Waals surface area (Å²) in [5, 5.41) is 3.77. The van der Waals surface area contributed by atoms with Crippen molar-refractivity contribution in [2.75, 3.05) is 0 Å². The Morgan fingerprint density at radius 3 is 2.89 bits per heavy atom. The number of benzene rings is 1. The summed E-state index contributed by atoms with van der Waals surface area (Å²) in [7, 11) is 0. The van der Waals surface area contributed by atoms with Gasteiger partial charge in [0.15, 0.2) is 5.78 Å². The number of thiazole rings is 1. The Kier molecular flexibility index (Phi) is 3.09. The fraction of sp³-hybridized carbons (Fsp3) is 0.133. The Bertz CT molecular complexity index is 743. The Morgan fingerprint density at radius 1 is 1.26 bits per heavy atom. The molecule has 0 atom stereocenters. The number of carbonyl (C=O) groups is 1. The van der Waals surface area contributed by atoms with Gasteiger partial charge in [-0.25, -0.2) is 4.98 Å². The highest BCUT2D eigenvalue weighted by Gasteiger charge is 2.12. The molecule has 0 spiro atoms. The lowest BCUT2D eigenvalue weighted by Crippen LogP contribution is -2.04. The minimum absolute atomic E-state index is 0.0562. The normalized spacial score (nSPS) is 10.8. The lowest BCUT2D eigenvalue weighted by molar-refractivity contribution is 0.0989. The molecular formula is C15H12N2OS. The number of aryl methyl sites for hydroxylation is 1. The van der Waals surface area contributed by atoms with Crippen LogP contribution in [0, 0.1) is 6.92 Å². The molecule has 3 rings (SSSR count). The van der Waals surface area contributed by atoms with Crippen LogP contribution in [-0.4, -0.2) is 15.8 Å². The predicted molar refractivity (Wildman–Crippen MR) is 76.6 cm³/mol. The molecule has 3 aromatic rings. The van der Waals surface area contributed by atoms with Gasteiger partial charge in [-0.05, 0) is 24.6 Å². The van der Waals surface area contributed by atoms with Gasteiger partial charge < -0.3 is 0 Å². The average molecular weight is 268 g/mol. The van der Waals surface area contributed by atoms with Crippen LogP contribution in [0.3, 0.4) is 0 Å². The molecule has 0 bridgehead atoms. The van der Waals surface area contributed by atoms with Gasteiger partial charge in [0.05, 0.1) is 10.5 Å². The van der Waals surface area contributed by atoms with Crippen LogP contribution in [-0.2, 0) is 6.42 Å². The van der Waals surface area contributed by atoms with E-state index in [4.69, 9.17) is 0 Å². The highest BCUT2D eigenvalue weighted by molar-refractivity contribution is 7.09. The van der Waals surface area contributed by atoms with Crippen molar-refractivity contribution in [2.45, 2.75) is 13.3 Å². The zero-order valence-corrected chi connectivity index (χ0v) is 11.3. The van der Waals surface area contributed by atoms with E-state index >= 15 is 0 Å². The van der Waals surface area contributed by atoms with Gasteiger partial charge in [-0.3, -0.25) is 9.78 Å². The molecule has 0 unspecified atom stereocenters. The maximum atomic E-state index is 12.2. The average Bonchev–Trinajstić information content (AvgIpc) is 2.86. The maximum Gasteiger partial charge on any atom is 0.186 e. The van der Waals surface area contributed by atoms with E-state index < -0.39 is 0 Å². The van der Waals surface area contributed by atoms with Gasteiger partial charge in [-0.1, -0.05) is 18.2 Å². The highest BCUT2D eigenvalue weighted by Crippen LogP contribution is 2.18. The molecule has 1 aromatic carbocycles. The number of pyridine rings is 1. The molecule has 0 aliphatic heterocycles. The summed E-state index contributed by atoms with van der Waals surface area (Å²) in [6.07, 6.45) is 2.11. The third-order valence-corrected chi connectivity index (χ3v) is 3.77. The van der Waals surface area contributed by atoms with Gasteiger partial charge in [0.1, 0.15) is 5.69 Å². The number of nitrogens with zero attached hydrogens (tertiary/aromatic N) is 2. The molecule has 0 amide bonds. The van der Waals surface area contributed by atoms with Crippen LogP contribution in [0.2, 0.25) is 0 Å².